The van der Waals surface area contributed by atoms with Crippen LogP contribution in [0.5, 0.6) is 5.75 Å². The van der Waals surface area contributed by atoms with Gasteiger partial charge in [-0.3, -0.25) is 0 Å². The minimum absolute atomic E-state index is 0.330. The van der Waals surface area contributed by atoms with Crippen LogP contribution >= 0.6 is 0 Å². The summed E-state index contributed by atoms with van der Waals surface area (Å²) in [5, 5.41) is 11.8. The van der Waals surface area contributed by atoms with E-state index in [1.807, 2.05) is 13.0 Å². The van der Waals surface area contributed by atoms with E-state index in [-0.39, 0.29) is 5.97 Å². The Kier molecular flexibility index (Phi) is 5.00. The monoisotopic (exact) mass is 248 g/mol. The van der Waals surface area contributed by atoms with Gasteiger partial charge in [-0.15, -0.1) is 0 Å². The molecule has 0 aromatic heterocycles. The van der Waals surface area contributed by atoms with Gasteiger partial charge in [0.1, 0.15) is 11.8 Å². The predicted octanol–water partition coefficient (Wildman–Crippen LogP) is 1.93. The van der Waals surface area contributed by atoms with Gasteiger partial charge >= 0.3 is 5.97 Å². The number of methoxy groups -OCH3 is 2. The number of nitrogens with one attached hydrogen (secondary N) is 1. The fraction of sp³-hybridized carbons (Fsp3) is 0.385. The molecule has 1 aromatic carbocycles. The van der Waals surface area contributed by atoms with Gasteiger partial charge in [0, 0.05) is 6.07 Å². The Labute approximate surface area is 106 Å². The molecule has 0 amide bonds. The van der Waals surface area contributed by atoms with Crippen LogP contribution in [0.3, 0.4) is 0 Å². The van der Waals surface area contributed by atoms with Crippen LogP contribution in [0.1, 0.15) is 18.9 Å². The van der Waals surface area contributed by atoms with Crippen molar-refractivity contribution in [3.8, 4) is 11.8 Å². The summed E-state index contributed by atoms with van der Waals surface area (Å²) in [5.74, 6) is 0.195. The van der Waals surface area contributed by atoms with Crippen LogP contribution < -0.4 is 10.1 Å². The van der Waals surface area contributed by atoms with Crippen LogP contribution in [0, 0.1) is 11.3 Å². The summed E-state index contributed by atoms with van der Waals surface area (Å²) in [4.78, 5) is 11.5. The molecule has 96 valence electrons. The second-order valence-corrected chi connectivity index (χ2v) is 3.66. The Morgan fingerprint density at radius 1 is 1.50 bits per heavy atom. The molecule has 1 unspecified atom stereocenters. The zero-order valence-electron chi connectivity index (χ0n) is 10.7. The van der Waals surface area contributed by atoms with Crippen molar-refractivity contribution in [2.75, 3.05) is 19.5 Å². The van der Waals surface area contributed by atoms with Gasteiger partial charge in [0.2, 0.25) is 0 Å². The number of nitriles is 1. The second kappa shape index (κ2) is 6.50. The van der Waals surface area contributed by atoms with Gasteiger partial charge in [0.25, 0.3) is 0 Å². The summed E-state index contributed by atoms with van der Waals surface area (Å²) in [6, 6.07) is 6.59. The minimum atomic E-state index is -0.433. The molecule has 18 heavy (non-hydrogen) atoms. The Morgan fingerprint density at radius 3 is 2.72 bits per heavy atom. The molecule has 0 heterocycles. The maximum Gasteiger partial charge on any atom is 0.328 e. The van der Waals surface area contributed by atoms with E-state index < -0.39 is 6.04 Å². The van der Waals surface area contributed by atoms with E-state index in [9.17, 15) is 4.79 Å². The van der Waals surface area contributed by atoms with Gasteiger partial charge in [0.15, 0.2) is 0 Å². The van der Waals surface area contributed by atoms with E-state index in [1.54, 1.807) is 18.2 Å². The molecule has 0 fully saturated rings. The van der Waals surface area contributed by atoms with Crippen molar-refractivity contribution in [3.63, 3.8) is 0 Å². The van der Waals surface area contributed by atoms with Crippen LogP contribution in [-0.4, -0.2) is 26.2 Å². The molecule has 1 atom stereocenters. The average Bonchev–Trinajstić information content (AvgIpc) is 2.43. The fourth-order valence-corrected chi connectivity index (χ4v) is 1.54. The molecule has 0 saturated heterocycles. The number of rotatable bonds is 5. The molecule has 1 rings (SSSR count). The van der Waals surface area contributed by atoms with Crippen molar-refractivity contribution in [2.24, 2.45) is 0 Å². The maximum absolute atomic E-state index is 11.5. The molecule has 0 spiro atoms. The molecule has 0 radical (unpaired) electrons. The first-order valence-electron chi connectivity index (χ1n) is 5.58. The van der Waals surface area contributed by atoms with Gasteiger partial charge in [-0.05, 0) is 18.6 Å². The van der Waals surface area contributed by atoms with Crippen molar-refractivity contribution in [3.05, 3.63) is 23.8 Å². The summed E-state index contributed by atoms with van der Waals surface area (Å²) in [6.45, 7) is 1.88. The van der Waals surface area contributed by atoms with Crippen LogP contribution in [0.2, 0.25) is 0 Å². The number of hydrogen-bond acceptors (Lipinski definition) is 5. The number of benzene rings is 1. The third-order valence-electron chi connectivity index (χ3n) is 2.55. The van der Waals surface area contributed by atoms with Gasteiger partial charge in [0.05, 0.1) is 31.5 Å². The van der Waals surface area contributed by atoms with Crippen molar-refractivity contribution < 1.29 is 14.3 Å². The molecular weight excluding hydrogens is 232 g/mol. The van der Waals surface area contributed by atoms with Crippen molar-refractivity contribution in [2.45, 2.75) is 19.4 Å². The van der Waals surface area contributed by atoms with E-state index in [0.717, 1.165) is 0 Å². The van der Waals surface area contributed by atoms with Crippen molar-refractivity contribution in [1.29, 1.82) is 5.26 Å². The van der Waals surface area contributed by atoms with E-state index >= 15 is 0 Å². The quantitative estimate of drug-likeness (QED) is 0.806. The lowest BCUT2D eigenvalue weighted by Crippen LogP contribution is -2.30. The van der Waals surface area contributed by atoms with Gasteiger partial charge in [-0.2, -0.15) is 5.26 Å². The molecule has 0 saturated carbocycles. The standard InChI is InChI=1S/C13H16N2O3/c1-4-10(13(16)18-3)15-11-6-5-9(8-14)7-12(11)17-2/h5-7,10,15H,4H2,1-3H3. The van der Waals surface area contributed by atoms with Crippen LogP contribution in [0.4, 0.5) is 5.69 Å². The smallest absolute Gasteiger partial charge is 0.328 e. The van der Waals surface area contributed by atoms with Crippen LogP contribution in [0.15, 0.2) is 18.2 Å². The molecule has 0 aliphatic rings. The summed E-state index contributed by atoms with van der Waals surface area (Å²) >= 11 is 0. The SMILES string of the molecule is CCC(Nc1ccc(C#N)cc1OC)C(=O)OC. The van der Waals surface area contributed by atoms with E-state index in [1.165, 1.54) is 14.2 Å². The topological polar surface area (TPSA) is 71.3 Å². The number of ether oxygens (including phenoxy) is 2. The zero-order chi connectivity index (χ0) is 13.5. The van der Waals surface area contributed by atoms with Crippen molar-refractivity contribution >= 4 is 11.7 Å². The highest BCUT2D eigenvalue weighted by atomic mass is 16.5. The predicted molar refractivity (Wildman–Crippen MR) is 67.4 cm³/mol. The maximum atomic E-state index is 11.5. The number of hydrogen-bond donors (Lipinski definition) is 1. The summed E-state index contributed by atoms with van der Waals surface area (Å²) in [5.41, 5.74) is 1.16. The number of carbonyl (C=O) groups is 1. The molecule has 0 aliphatic heterocycles. The minimum Gasteiger partial charge on any atom is -0.495 e. The molecule has 0 bridgehead atoms. The largest absolute Gasteiger partial charge is 0.495 e. The number of esters is 1. The molecule has 0 aliphatic carbocycles. The Hall–Kier alpha value is -2.22. The third-order valence-corrected chi connectivity index (χ3v) is 2.55. The van der Waals surface area contributed by atoms with E-state index in [4.69, 9.17) is 14.7 Å². The first kappa shape index (κ1) is 13.8. The van der Waals surface area contributed by atoms with Gasteiger partial charge in [-0.1, -0.05) is 6.92 Å². The number of anilines is 1. The van der Waals surface area contributed by atoms with E-state index in [2.05, 4.69) is 5.32 Å². The van der Waals surface area contributed by atoms with Gasteiger partial charge in [-0.25, -0.2) is 4.79 Å². The summed E-state index contributed by atoms with van der Waals surface area (Å²) < 4.78 is 9.88. The second-order valence-electron chi connectivity index (χ2n) is 3.66. The third kappa shape index (κ3) is 3.14. The molecule has 5 heteroatoms. The molecular formula is C13H16N2O3. The fourth-order valence-electron chi connectivity index (χ4n) is 1.54. The first-order chi connectivity index (χ1) is 8.65. The van der Waals surface area contributed by atoms with Gasteiger partial charge < -0.3 is 14.8 Å². The lowest BCUT2D eigenvalue weighted by molar-refractivity contribution is -0.141. The first-order valence-corrected chi connectivity index (χ1v) is 5.58. The molecule has 5 nitrogen and oxygen atoms in total. The van der Waals surface area contributed by atoms with Crippen LogP contribution in [0.25, 0.3) is 0 Å². The highest BCUT2D eigenvalue weighted by Gasteiger charge is 2.18. The molecule has 1 aromatic rings. The average molecular weight is 248 g/mol. The highest BCUT2D eigenvalue weighted by molar-refractivity contribution is 5.80. The normalized spacial score (nSPS) is 11.2. The summed E-state index contributed by atoms with van der Waals surface area (Å²) in [7, 11) is 2.86. The van der Waals surface area contributed by atoms with E-state index in [0.29, 0.717) is 23.4 Å². The number of nitrogens with zero attached hydrogens (tertiary/aromatic N) is 1. The lowest BCUT2D eigenvalue weighted by Gasteiger charge is -2.17. The van der Waals surface area contributed by atoms with Crippen molar-refractivity contribution in [1.82, 2.24) is 0 Å². The lowest BCUT2D eigenvalue weighted by atomic mass is 10.1. The zero-order valence-corrected chi connectivity index (χ0v) is 10.7. The Morgan fingerprint density at radius 2 is 2.22 bits per heavy atom. The number of carbonyl (C=O) groups excluding carboxylic acids is 1. The molecule has 1 N–H and O–H groups in total. The Balaban J connectivity index is 2.96. The van der Waals surface area contributed by atoms with Crippen LogP contribution in [-0.2, 0) is 9.53 Å². The summed E-state index contributed by atoms with van der Waals surface area (Å²) in [6.07, 6.45) is 0.593. The Bertz CT molecular complexity index is 466. The highest BCUT2D eigenvalue weighted by Crippen LogP contribution is 2.26.